The van der Waals surface area contributed by atoms with Crippen molar-refractivity contribution in [1.29, 1.82) is 0 Å². The van der Waals surface area contributed by atoms with Gasteiger partial charge in [0.25, 0.3) is 11.9 Å². The second-order valence-electron chi connectivity index (χ2n) is 7.11. The maximum atomic E-state index is 12.7. The SMILES string of the molecule is CCOCCCNC(=O)c1cnn(-c2ncc(C)c(-c3cccs3)n2)c1C1CC1. The van der Waals surface area contributed by atoms with Crippen molar-refractivity contribution in [3.05, 3.63) is 46.7 Å². The molecule has 1 saturated carbocycles. The average molecular weight is 412 g/mol. The summed E-state index contributed by atoms with van der Waals surface area (Å²) in [6.07, 6.45) is 6.36. The Balaban J connectivity index is 1.59. The number of carbonyl (C=O) groups is 1. The molecule has 3 aromatic heterocycles. The largest absolute Gasteiger partial charge is 0.382 e. The van der Waals surface area contributed by atoms with E-state index in [0.29, 0.717) is 37.2 Å². The molecule has 0 unspecified atom stereocenters. The molecule has 1 aliphatic rings. The number of hydrogen-bond donors (Lipinski definition) is 1. The highest BCUT2D eigenvalue weighted by Crippen LogP contribution is 2.42. The minimum Gasteiger partial charge on any atom is -0.382 e. The van der Waals surface area contributed by atoms with Crippen LogP contribution in [0.15, 0.2) is 29.9 Å². The van der Waals surface area contributed by atoms with Gasteiger partial charge in [0.1, 0.15) is 0 Å². The Labute approximate surface area is 174 Å². The van der Waals surface area contributed by atoms with Gasteiger partial charge >= 0.3 is 0 Å². The summed E-state index contributed by atoms with van der Waals surface area (Å²) in [5.74, 6) is 0.744. The number of hydrogen-bond acceptors (Lipinski definition) is 6. The molecule has 7 nitrogen and oxygen atoms in total. The van der Waals surface area contributed by atoms with Crippen molar-refractivity contribution >= 4 is 17.2 Å². The standard InChI is InChI=1S/C21H25N5O2S/c1-3-28-10-5-9-22-20(27)16-13-24-26(19(16)15-7-8-15)21-23-12-14(2)18(25-21)17-6-4-11-29-17/h4,6,11-13,15H,3,5,7-10H2,1-2H3,(H,22,27). The normalized spacial score (nSPS) is 13.6. The number of rotatable bonds is 9. The summed E-state index contributed by atoms with van der Waals surface area (Å²) in [5.41, 5.74) is 3.45. The van der Waals surface area contributed by atoms with E-state index in [-0.39, 0.29) is 5.91 Å². The Bertz CT molecular complexity index is 979. The molecule has 0 aromatic carbocycles. The lowest BCUT2D eigenvalue weighted by Gasteiger charge is -2.10. The zero-order valence-corrected chi connectivity index (χ0v) is 17.5. The van der Waals surface area contributed by atoms with Gasteiger partial charge in [-0.05, 0) is 50.1 Å². The van der Waals surface area contributed by atoms with Crippen LogP contribution in [-0.2, 0) is 4.74 Å². The fourth-order valence-electron chi connectivity index (χ4n) is 3.26. The van der Waals surface area contributed by atoms with E-state index < -0.39 is 0 Å². The molecule has 8 heteroatoms. The first kappa shape index (κ1) is 19.7. The van der Waals surface area contributed by atoms with Crippen molar-refractivity contribution in [2.45, 2.75) is 39.0 Å². The first-order chi connectivity index (χ1) is 14.2. The van der Waals surface area contributed by atoms with E-state index in [0.717, 1.165) is 41.1 Å². The van der Waals surface area contributed by atoms with Crippen LogP contribution in [0, 0.1) is 6.92 Å². The van der Waals surface area contributed by atoms with Gasteiger partial charge in [-0.25, -0.2) is 14.6 Å². The Morgan fingerprint density at radius 3 is 2.97 bits per heavy atom. The number of thiophene rings is 1. The second-order valence-corrected chi connectivity index (χ2v) is 8.06. The average Bonchev–Trinajstić information content (AvgIpc) is 3.24. The molecule has 0 aliphatic heterocycles. The maximum absolute atomic E-state index is 12.7. The molecular formula is C21H25N5O2S. The van der Waals surface area contributed by atoms with Crippen LogP contribution >= 0.6 is 11.3 Å². The van der Waals surface area contributed by atoms with E-state index in [1.54, 1.807) is 22.2 Å². The highest BCUT2D eigenvalue weighted by atomic mass is 32.1. The van der Waals surface area contributed by atoms with Crippen molar-refractivity contribution in [2.75, 3.05) is 19.8 Å². The molecule has 0 bridgehead atoms. The zero-order valence-electron chi connectivity index (χ0n) is 16.7. The zero-order chi connectivity index (χ0) is 20.2. The Morgan fingerprint density at radius 2 is 2.24 bits per heavy atom. The van der Waals surface area contributed by atoms with Crippen molar-refractivity contribution in [3.8, 4) is 16.5 Å². The summed E-state index contributed by atoms with van der Waals surface area (Å²) in [6.45, 7) is 5.89. The Hall–Kier alpha value is -2.58. The lowest BCUT2D eigenvalue weighted by Crippen LogP contribution is -2.26. The van der Waals surface area contributed by atoms with Crippen LogP contribution < -0.4 is 5.32 Å². The van der Waals surface area contributed by atoms with Crippen molar-refractivity contribution in [3.63, 3.8) is 0 Å². The molecule has 3 heterocycles. The third kappa shape index (κ3) is 4.38. The predicted molar refractivity (Wildman–Crippen MR) is 113 cm³/mol. The first-order valence-electron chi connectivity index (χ1n) is 10.0. The molecule has 1 fully saturated rings. The van der Waals surface area contributed by atoms with Crippen molar-refractivity contribution in [1.82, 2.24) is 25.1 Å². The third-order valence-corrected chi connectivity index (χ3v) is 5.75. The molecule has 0 saturated heterocycles. The fraction of sp³-hybridized carbons (Fsp3) is 0.429. The van der Waals surface area contributed by atoms with E-state index in [4.69, 9.17) is 9.72 Å². The molecule has 0 spiro atoms. The van der Waals surface area contributed by atoms with Crippen LogP contribution in [0.25, 0.3) is 16.5 Å². The Kier molecular flexibility index (Phi) is 6.01. The van der Waals surface area contributed by atoms with E-state index in [1.165, 1.54) is 0 Å². The van der Waals surface area contributed by atoms with Crippen LogP contribution in [0.4, 0.5) is 0 Å². The molecule has 0 radical (unpaired) electrons. The number of nitrogens with one attached hydrogen (secondary N) is 1. The first-order valence-corrected chi connectivity index (χ1v) is 10.9. The van der Waals surface area contributed by atoms with Crippen molar-refractivity contribution < 1.29 is 9.53 Å². The summed E-state index contributed by atoms with van der Waals surface area (Å²) in [6, 6.07) is 4.06. The summed E-state index contributed by atoms with van der Waals surface area (Å²) >= 11 is 1.65. The van der Waals surface area contributed by atoms with E-state index in [1.807, 2.05) is 31.5 Å². The van der Waals surface area contributed by atoms with Crippen LogP contribution in [-0.4, -0.2) is 45.4 Å². The molecule has 3 aromatic rings. The fourth-order valence-corrected chi connectivity index (χ4v) is 4.03. The maximum Gasteiger partial charge on any atom is 0.254 e. The number of carbonyl (C=O) groups excluding carboxylic acids is 1. The molecule has 1 N–H and O–H groups in total. The molecule has 1 amide bonds. The van der Waals surface area contributed by atoms with Gasteiger partial charge in [0, 0.05) is 31.9 Å². The highest BCUT2D eigenvalue weighted by Gasteiger charge is 2.33. The number of ether oxygens (including phenoxy) is 1. The van der Waals surface area contributed by atoms with Gasteiger partial charge in [-0.3, -0.25) is 4.79 Å². The molecule has 29 heavy (non-hydrogen) atoms. The van der Waals surface area contributed by atoms with E-state index in [2.05, 4.69) is 21.5 Å². The number of nitrogens with zero attached hydrogens (tertiary/aromatic N) is 4. The van der Waals surface area contributed by atoms with Crippen LogP contribution in [0.1, 0.15) is 53.7 Å². The lowest BCUT2D eigenvalue weighted by molar-refractivity contribution is 0.0943. The summed E-state index contributed by atoms with van der Waals surface area (Å²) in [5, 5.41) is 9.50. The number of aryl methyl sites for hydroxylation is 1. The number of amides is 1. The minimum absolute atomic E-state index is 0.0970. The summed E-state index contributed by atoms with van der Waals surface area (Å²) in [7, 11) is 0. The van der Waals surface area contributed by atoms with Gasteiger partial charge in [0.05, 0.1) is 28.0 Å². The second kappa shape index (κ2) is 8.84. The van der Waals surface area contributed by atoms with E-state index in [9.17, 15) is 4.79 Å². The number of aromatic nitrogens is 4. The van der Waals surface area contributed by atoms with Crippen LogP contribution in [0.5, 0.6) is 0 Å². The van der Waals surface area contributed by atoms with Gasteiger partial charge in [-0.2, -0.15) is 5.10 Å². The van der Waals surface area contributed by atoms with Gasteiger partial charge in [0.15, 0.2) is 0 Å². The molecule has 1 aliphatic carbocycles. The Morgan fingerprint density at radius 1 is 1.38 bits per heavy atom. The smallest absolute Gasteiger partial charge is 0.254 e. The van der Waals surface area contributed by atoms with Crippen LogP contribution in [0.3, 0.4) is 0 Å². The third-order valence-electron chi connectivity index (χ3n) is 4.87. The van der Waals surface area contributed by atoms with E-state index >= 15 is 0 Å². The van der Waals surface area contributed by atoms with Crippen molar-refractivity contribution in [2.24, 2.45) is 0 Å². The molecule has 152 valence electrons. The van der Waals surface area contributed by atoms with Gasteiger partial charge in [-0.1, -0.05) is 6.07 Å². The van der Waals surface area contributed by atoms with Gasteiger partial charge in [0.2, 0.25) is 0 Å². The molecule has 4 rings (SSSR count). The molecular weight excluding hydrogens is 386 g/mol. The summed E-state index contributed by atoms with van der Waals surface area (Å²) in [4.78, 5) is 23.1. The monoisotopic (exact) mass is 411 g/mol. The minimum atomic E-state index is -0.0970. The highest BCUT2D eigenvalue weighted by molar-refractivity contribution is 7.13. The summed E-state index contributed by atoms with van der Waals surface area (Å²) < 4.78 is 7.06. The topological polar surface area (TPSA) is 81.9 Å². The quantitative estimate of drug-likeness (QED) is 0.543. The van der Waals surface area contributed by atoms with Crippen LogP contribution in [0.2, 0.25) is 0 Å². The molecule has 0 atom stereocenters. The van der Waals surface area contributed by atoms with Gasteiger partial charge in [-0.15, -0.1) is 11.3 Å². The van der Waals surface area contributed by atoms with Gasteiger partial charge < -0.3 is 10.1 Å². The lowest BCUT2D eigenvalue weighted by atomic mass is 10.1. The predicted octanol–water partition coefficient (Wildman–Crippen LogP) is 3.73.